The van der Waals surface area contributed by atoms with Crippen molar-refractivity contribution in [3.63, 3.8) is 0 Å². The van der Waals surface area contributed by atoms with Crippen molar-refractivity contribution in [2.24, 2.45) is 0 Å². The fourth-order valence-corrected chi connectivity index (χ4v) is 4.34. The summed E-state index contributed by atoms with van der Waals surface area (Å²) < 4.78 is 45.8. The predicted octanol–water partition coefficient (Wildman–Crippen LogP) is 5.24. The molecule has 0 unspecified atom stereocenters. The van der Waals surface area contributed by atoms with Crippen molar-refractivity contribution in [3.05, 3.63) is 35.9 Å². The molecule has 1 N–H and O–H groups in total. The summed E-state index contributed by atoms with van der Waals surface area (Å²) in [5.74, 6) is 0. The van der Waals surface area contributed by atoms with E-state index in [0.29, 0.717) is 19.4 Å². The van der Waals surface area contributed by atoms with Crippen molar-refractivity contribution in [1.29, 1.82) is 0 Å². The summed E-state index contributed by atoms with van der Waals surface area (Å²) >= 11 is 0. The molecule has 1 aromatic carbocycles. The molecule has 0 heterocycles. The van der Waals surface area contributed by atoms with Gasteiger partial charge in [0.2, 0.25) is 0 Å². The van der Waals surface area contributed by atoms with E-state index in [1.807, 2.05) is 30.3 Å². The second-order valence-corrected chi connectivity index (χ2v) is 17.8. The molecule has 202 valence electrons. The van der Waals surface area contributed by atoms with Crippen molar-refractivity contribution in [1.82, 2.24) is 5.32 Å². The van der Waals surface area contributed by atoms with E-state index in [0.717, 1.165) is 11.8 Å². The van der Waals surface area contributed by atoms with Crippen molar-refractivity contribution in [3.8, 4) is 0 Å². The quantitative estimate of drug-likeness (QED) is 0.211. The van der Waals surface area contributed by atoms with Crippen LogP contribution in [-0.2, 0) is 34.8 Å². The van der Waals surface area contributed by atoms with Gasteiger partial charge in [-0.05, 0) is 57.3 Å². The van der Waals surface area contributed by atoms with Crippen LogP contribution in [0.25, 0.3) is 0 Å². The zero-order chi connectivity index (χ0) is 26.9. The first-order chi connectivity index (χ1) is 15.9. The lowest BCUT2D eigenvalue weighted by Gasteiger charge is -2.38. The Kier molecular flexibility index (Phi) is 11.9. The molecular formula is C25H45NO7SSi. The highest BCUT2D eigenvalue weighted by Gasteiger charge is 2.39. The lowest BCUT2D eigenvalue weighted by molar-refractivity contribution is -0.0118. The van der Waals surface area contributed by atoms with Crippen LogP contribution in [0.5, 0.6) is 0 Å². The molecule has 2 atom stereocenters. The van der Waals surface area contributed by atoms with Gasteiger partial charge in [-0.25, -0.2) is 4.79 Å². The van der Waals surface area contributed by atoms with E-state index in [1.54, 1.807) is 20.8 Å². The van der Waals surface area contributed by atoms with Crippen LogP contribution in [0.1, 0.15) is 59.9 Å². The van der Waals surface area contributed by atoms with E-state index in [2.05, 4.69) is 39.2 Å². The molecule has 0 fully saturated rings. The Morgan fingerprint density at radius 1 is 1.06 bits per heavy atom. The first-order valence-electron chi connectivity index (χ1n) is 12.0. The van der Waals surface area contributed by atoms with Gasteiger partial charge >= 0.3 is 6.09 Å². The van der Waals surface area contributed by atoms with Crippen LogP contribution in [0.2, 0.25) is 18.1 Å². The predicted molar refractivity (Wildman–Crippen MR) is 141 cm³/mol. The third-order valence-corrected chi connectivity index (χ3v) is 10.9. The molecule has 1 amide bonds. The number of carbonyl (C=O) groups excluding carboxylic acids is 1. The van der Waals surface area contributed by atoms with E-state index < -0.39 is 42.3 Å². The van der Waals surface area contributed by atoms with Crippen LogP contribution >= 0.6 is 0 Å². The molecule has 1 rings (SSSR count). The van der Waals surface area contributed by atoms with Crippen molar-refractivity contribution in [2.45, 2.75) is 96.9 Å². The summed E-state index contributed by atoms with van der Waals surface area (Å²) in [7, 11) is -5.65. The molecule has 10 heteroatoms. The normalized spacial score (nSPS) is 14.9. The fraction of sp³-hybridized carbons (Fsp3) is 0.720. The first kappa shape index (κ1) is 31.6. The molecule has 0 aliphatic carbocycles. The number of rotatable bonds is 13. The molecule has 0 bridgehead atoms. The third-order valence-electron chi connectivity index (χ3n) is 5.82. The molecule has 0 saturated heterocycles. The van der Waals surface area contributed by atoms with Gasteiger partial charge in [-0.2, -0.15) is 8.42 Å². The summed E-state index contributed by atoms with van der Waals surface area (Å²) in [5, 5.41) is 2.94. The number of hydrogen-bond donors (Lipinski definition) is 1. The maximum absolute atomic E-state index is 12.7. The van der Waals surface area contributed by atoms with Crippen LogP contribution < -0.4 is 5.32 Å². The highest BCUT2D eigenvalue weighted by Crippen LogP contribution is 2.36. The van der Waals surface area contributed by atoms with E-state index >= 15 is 0 Å². The lowest BCUT2D eigenvalue weighted by atomic mass is 10.1. The number of hydrogen-bond acceptors (Lipinski definition) is 7. The van der Waals surface area contributed by atoms with Crippen molar-refractivity contribution >= 4 is 24.5 Å². The molecule has 0 spiro atoms. The SMILES string of the molecule is CC(C)(C)OC(=O)N[C@@H](CO[Si](C)(C)C(C)(C)C)[C@@H](CCCOS(C)(=O)=O)OCc1ccccc1. The Morgan fingerprint density at radius 2 is 1.66 bits per heavy atom. The molecule has 0 aromatic heterocycles. The highest BCUT2D eigenvalue weighted by atomic mass is 32.2. The van der Waals surface area contributed by atoms with Crippen LogP contribution in [0, 0.1) is 0 Å². The Labute approximate surface area is 213 Å². The number of ether oxygens (including phenoxy) is 2. The van der Waals surface area contributed by atoms with E-state index in [-0.39, 0.29) is 18.3 Å². The van der Waals surface area contributed by atoms with Gasteiger partial charge in [0, 0.05) is 0 Å². The average molecular weight is 532 g/mol. The summed E-state index contributed by atoms with van der Waals surface area (Å²) in [5.41, 5.74) is 0.338. The van der Waals surface area contributed by atoms with Crippen LogP contribution in [0.15, 0.2) is 30.3 Å². The lowest BCUT2D eigenvalue weighted by Crippen LogP contribution is -2.52. The fourth-order valence-electron chi connectivity index (χ4n) is 2.89. The summed E-state index contributed by atoms with van der Waals surface area (Å²) in [4.78, 5) is 12.7. The maximum Gasteiger partial charge on any atom is 0.408 e. The minimum Gasteiger partial charge on any atom is -0.444 e. The largest absolute Gasteiger partial charge is 0.444 e. The molecule has 1 aromatic rings. The second-order valence-electron chi connectivity index (χ2n) is 11.3. The number of nitrogens with one attached hydrogen (secondary N) is 1. The third kappa shape index (κ3) is 13.4. The maximum atomic E-state index is 12.7. The van der Waals surface area contributed by atoms with Gasteiger partial charge in [0.1, 0.15) is 5.60 Å². The minimum atomic E-state index is -3.53. The van der Waals surface area contributed by atoms with Crippen molar-refractivity contribution < 1.29 is 31.3 Å². The first-order valence-corrected chi connectivity index (χ1v) is 16.8. The molecule has 35 heavy (non-hydrogen) atoms. The second kappa shape index (κ2) is 13.2. The molecule has 0 aliphatic heterocycles. The van der Waals surface area contributed by atoms with Gasteiger partial charge in [0.25, 0.3) is 10.1 Å². The number of carbonyl (C=O) groups is 1. The Hall–Kier alpha value is -1.46. The van der Waals surface area contributed by atoms with Crippen LogP contribution in [0.4, 0.5) is 4.79 Å². The monoisotopic (exact) mass is 531 g/mol. The standard InChI is InChI=1S/C25H45NO7SSi/c1-24(2,3)33-23(27)26-21(19-32-35(8,9)25(4,5)6)22(16-13-17-31-34(7,28)29)30-18-20-14-11-10-12-15-20/h10-12,14-15,21-22H,13,16-19H2,1-9H3,(H,26,27)/t21-,22+/m0/s1. The van der Waals surface area contributed by atoms with Gasteiger partial charge in [-0.3, -0.25) is 4.18 Å². The zero-order valence-corrected chi connectivity index (χ0v) is 24.7. The van der Waals surface area contributed by atoms with Gasteiger partial charge in [-0.1, -0.05) is 51.1 Å². The number of amides is 1. The topological polar surface area (TPSA) is 100 Å². The Morgan fingerprint density at radius 3 is 2.17 bits per heavy atom. The molecule has 0 aliphatic rings. The molecule has 8 nitrogen and oxygen atoms in total. The van der Waals surface area contributed by atoms with Gasteiger partial charge in [0.15, 0.2) is 8.32 Å². The number of alkyl carbamates (subject to hydrolysis) is 1. The van der Waals surface area contributed by atoms with Gasteiger partial charge in [-0.15, -0.1) is 0 Å². The van der Waals surface area contributed by atoms with E-state index in [1.165, 1.54) is 0 Å². The molecular weight excluding hydrogens is 486 g/mol. The summed E-state index contributed by atoms with van der Waals surface area (Å²) in [6.45, 7) is 16.8. The van der Waals surface area contributed by atoms with E-state index in [9.17, 15) is 13.2 Å². The Bertz CT molecular complexity index is 877. The smallest absolute Gasteiger partial charge is 0.408 e. The number of benzene rings is 1. The highest BCUT2D eigenvalue weighted by molar-refractivity contribution is 7.85. The van der Waals surface area contributed by atoms with Crippen LogP contribution in [0.3, 0.4) is 0 Å². The Balaban J connectivity index is 3.08. The van der Waals surface area contributed by atoms with Gasteiger partial charge in [0.05, 0.1) is 38.2 Å². The van der Waals surface area contributed by atoms with Crippen molar-refractivity contribution in [2.75, 3.05) is 19.5 Å². The van der Waals surface area contributed by atoms with E-state index in [4.69, 9.17) is 18.1 Å². The van der Waals surface area contributed by atoms with Crippen LogP contribution in [-0.4, -0.2) is 60.0 Å². The average Bonchev–Trinajstić information content (AvgIpc) is 2.68. The van der Waals surface area contributed by atoms with Gasteiger partial charge < -0.3 is 19.2 Å². The molecule has 0 saturated carbocycles. The summed E-state index contributed by atoms with van der Waals surface area (Å²) in [6.07, 6.45) is 0.914. The zero-order valence-electron chi connectivity index (χ0n) is 22.8. The summed E-state index contributed by atoms with van der Waals surface area (Å²) in [6, 6.07) is 9.23. The minimum absolute atomic E-state index is 0.00676. The molecule has 0 radical (unpaired) electrons.